The van der Waals surface area contributed by atoms with Gasteiger partial charge in [0.1, 0.15) is 11.5 Å². The first kappa shape index (κ1) is 9.90. The van der Waals surface area contributed by atoms with Crippen molar-refractivity contribution in [2.45, 2.75) is 6.92 Å². The normalized spacial score (nSPS) is 10.7. The largest absolute Gasteiger partial charge is 0.497 e. The Hall–Kier alpha value is -1.64. The molecular weight excluding hydrogens is 190 g/mol. The Labute approximate surface area is 89.2 Å². The predicted molar refractivity (Wildman–Crippen MR) is 60.8 cm³/mol. The molecule has 2 aromatic rings. The summed E-state index contributed by atoms with van der Waals surface area (Å²) in [6.07, 6.45) is 2.09. The Bertz CT molecular complexity index is 500. The molecule has 0 saturated carbocycles. The fraction of sp³-hybridized carbons (Fsp3) is 0.333. The van der Waals surface area contributed by atoms with Crippen molar-refractivity contribution in [3.63, 3.8) is 0 Å². The molecule has 0 amide bonds. The zero-order valence-corrected chi connectivity index (χ0v) is 9.50. The monoisotopic (exact) mass is 205 g/mol. The average Bonchev–Trinajstić information content (AvgIpc) is 2.53. The van der Waals surface area contributed by atoms with Crippen molar-refractivity contribution in [1.29, 1.82) is 0 Å². The van der Waals surface area contributed by atoms with Crippen molar-refractivity contribution in [2.75, 3.05) is 14.2 Å². The van der Waals surface area contributed by atoms with E-state index >= 15 is 0 Å². The minimum absolute atomic E-state index is 0.820. The molecule has 3 heteroatoms. The molecule has 0 unspecified atom stereocenters. The van der Waals surface area contributed by atoms with Gasteiger partial charge in [-0.05, 0) is 12.5 Å². The molecular formula is C12H15NO2. The summed E-state index contributed by atoms with van der Waals surface area (Å²) in [7, 11) is 5.37. The molecule has 0 fully saturated rings. The quantitative estimate of drug-likeness (QED) is 0.752. The van der Waals surface area contributed by atoms with E-state index in [-0.39, 0.29) is 0 Å². The van der Waals surface area contributed by atoms with Gasteiger partial charge in [-0.2, -0.15) is 0 Å². The van der Waals surface area contributed by atoms with Crippen LogP contribution in [0.15, 0.2) is 18.3 Å². The molecule has 3 nitrogen and oxygen atoms in total. The zero-order chi connectivity index (χ0) is 11.0. The Balaban J connectivity index is 2.83. The van der Waals surface area contributed by atoms with E-state index in [4.69, 9.17) is 9.47 Å². The maximum atomic E-state index is 5.37. The van der Waals surface area contributed by atoms with Crippen LogP contribution in [0.1, 0.15) is 5.56 Å². The molecule has 0 N–H and O–H groups in total. The molecule has 1 heterocycles. The van der Waals surface area contributed by atoms with Gasteiger partial charge in [0, 0.05) is 30.8 Å². The van der Waals surface area contributed by atoms with E-state index in [1.807, 2.05) is 19.2 Å². The van der Waals surface area contributed by atoms with Gasteiger partial charge >= 0.3 is 0 Å². The second-order valence-corrected chi connectivity index (χ2v) is 3.65. The van der Waals surface area contributed by atoms with Gasteiger partial charge in [0.15, 0.2) is 0 Å². The van der Waals surface area contributed by atoms with Crippen molar-refractivity contribution >= 4 is 10.9 Å². The molecule has 0 radical (unpaired) electrons. The Kier molecular flexibility index (Phi) is 2.31. The zero-order valence-electron chi connectivity index (χ0n) is 9.50. The standard InChI is InChI=1S/C12H15NO2/c1-8-7-13(2)10-5-9(14-3)6-11(15-4)12(8)10/h5-7H,1-4H3. The predicted octanol–water partition coefficient (Wildman–Crippen LogP) is 2.50. The van der Waals surface area contributed by atoms with Crippen molar-refractivity contribution in [3.8, 4) is 11.5 Å². The van der Waals surface area contributed by atoms with Gasteiger partial charge in [0.2, 0.25) is 0 Å². The first-order valence-electron chi connectivity index (χ1n) is 4.85. The van der Waals surface area contributed by atoms with Gasteiger partial charge in [-0.15, -0.1) is 0 Å². The molecule has 0 spiro atoms. The van der Waals surface area contributed by atoms with Crippen LogP contribution in [0.3, 0.4) is 0 Å². The molecule has 15 heavy (non-hydrogen) atoms. The lowest BCUT2D eigenvalue weighted by atomic mass is 10.1. The van der Waals surface area contributed by atoms with E-state index in [1.54, 1.807) is 14.2 Å². The molecule has 80 valence electrons. The van der Waals surface area contributed by atoms with Crippen LogP contribution in [-0.4, -0.2) is 18.8 Å². The molecule has 0 aliphatic heterocycles. The summed E-state index contributed by atoms with van der Waals surface area (Å²) in [5.74, 6) is 1.68. The van der Waals surface area contributed by atoms with Crippen LogP contribution < -0.4 is 9.47 Å². The second kappa shape index (κ2) is 3.50. The van der Waals surface area contributed by atoms with Gasteiger partial charge in [0.05, 0.1) is 19.7 Å². The smallest absolute Gasteiger partial charge is 0.132 e. The average molecular weight is 205 g/mol. The molecule has 1 aromatic heterocycles. The number of benzene rings is 1. The number of hydrogen-bond acceptors (Lipinski definition) is 2. The molecule has 0 aliphatic carbocycles. The SMILES string of the molecule is COc1cc(OC)c2c(C)cn(C)c2c1. The van der Waals surface area contributed by atoms with Crippen LogP contribution in [0.4, 0.5) is 0 Å². The molecule has 1 aromatic carbocycles. The van der Waals surface area contributed by atoms with Crippen molar-refractivity contribution in [3.05, 3.63) is 23.9 Å². The number of hydrogen-bond donors (Lipinski definition) is 0. The molecule has 0 aliphatic rings. The lowest BCUT2D eigenvalue weighted by Gasteiger charge is -2.07. The van der Waals surface area contributed by atoms with Crippen LogP contribution in [0, 0.1) is 6.92 Å². The number of fused-ring (bicyclic) bond motifs is 1. The fourth-order valence-electron chi connectivity index (χ4n) is 1.95. The maximum absolute atomic E-state index is 5.37. The van der Waals surface area contributed by atoms with Crippen LogP contribution in [0.5, 0.6) is 11.5 Å². The highest BCUT2D eigenvalue weighted by Gasteiger charge is 2.10. The highest BCUT2D eigenvalue weighted by Crippen LogP contribution is 2.33. The lowest BCUT2D eigenvalue weighted by Crippen LogP contribution is -1.90. The van der Waals surface area contributed by atoms with Gasteiger partial charge < -0.3 is 14.0 Å². The first-order valence-corrected chi connectivity index (χ1v) is 4.85. The highest BCUT2D eigenvalue weighted by atomic mass is 16.5. The van der Waals surface area contributed by atoms with E-state index in [2.05, 4.69) is 17.7 Å². The molecule has 0 atom stereocenters. The lowest BCUT2D eigenvalue weighted by molar-refractivity contribution is 0.398. The van der Waals surface area contributed by atoms with Crippen molar-refractivity contribution < 1.29 is 9.47 Å². The van der Waals surface area contributed by atoms with Gasteiger partial charge in [-0.25, -0.2) is 0 Å². The molecule has 0 saturated heterocycles. The van der Waals surface area contributed by atoms with E-state index in [9.17, 15) is 0 Å². The van der Waals surface area contributed by atoms with E-state index in [1.165, 1.54) is 5.56 Å². The summed E-state index contributed by atoms with van der Waals surface area (Å²) >= 11 is 0. The topological polar surface area (TPSA) is 23.4 Å². The number of nitrogens with zero attached hydrogens (tertiary/aromatic N) is 1. The van der Waals surface area contributed by atoms with Crippen molar-refractivity contribution in [2.24, 2.45) is 7.05 Å². The summed E-state index contributed by atoms with van der Waals surface area (Å²) in [5.41, 5.74) is 2.34. The van der Waals surface area contributed by atoms with E-state index in [0.717, 1.165) is 22.4 Å². The van der Waals surface area contributed by atoms with Gasteiger partial charge in [-0.1, -0.05) is 0 Å². The van der Waals surface area contributed by atoms with Crippen molar-refractivity contribution in [1.82, 2.24) is 4.57 Å². The first-order chi connectivity index (χ1) is 7.17. The number of aryl methyl sites for hydroxylation is 2. The Morgan fingerprint density at radius 3 is 2.47 bits per heavy atom. The van der Waals surface area contributed by atoms with Crippen LogP contribution >= 0.6 is 0 Å². The van der Waals surface area contributed by atoms with Gasteiger partial charge in [-0.3, -0.25) is 0 Å². The third-order valence-corrected chi connectivity index (χ3v) is 2.67. The summed E-state index contributed by atoms with van der Waals surface area (Å²) in [4.78, 5) is 0. The number of rotatable bonds is 2. The minimum atomic E-state index is 0.820. The fourth-order valence-corrected chi connectivity index (χ4v) is 1.95. The second-order valence-electron chi connectivity index (χ2n) is 3.65. The minimum Gasteiger partial charge on any atom is -0.497 e. The highest BCUT2D eigenvalue weighted by molar-refractivity contribution is 5.91. The molecule has 2 rings (SSSR count). The van der Waals surface area contributed by atoms with E-state index in [0.29, 0.717) is 0 Å². The maximum Gasteiger partial charge on any atom is 0.132 e. The van der Waals surface area contributed by atoms with Gasteiger partial charge in [0.25, 0.3) is 0 Å². The number of aromatic nitrogens is 1. The Morgan fingerprint density at radius 1 is 1.13 bits per heavy atom. The Morgan fingerprint density at radius 2 is 1.87 bits per heavy atom. The number of ether oxygens (including phenoxy) is 2. The summed E-state index contributed by atoms with van der Waals surface area (Å²) in [6.45, 7) is 2.08. The number of methoxy groups -OCH3 is 2. The van der Waals surface area contributed by atoms with Crippen LogP contribution in [-0.2, 0) is 7.05 Å². The molecule has 0 bridgehead atoms. The van der Waals surface area contributed by atoms with E-state index < -0.39 is 0 Å². The third-order valence-electron chi connectivity index (χ3n) is 2.67. The summed E-state index contributed by atoms with van der Waals surface area (Å²) in [5, 5.41) is 1.15. The summed E-state index contributed by atoms with van der Waals surface area (Å²) in [6, 6.07) is 3.93. The van der Waals surface area contributed by atoms with Crippen LogP contribution in [0.2, 0.25) is 0 Å². The summed E-state index contributed by atoms with van der Waals surface area (Å²) < 4.78 is 12.7. The third kappa shape index (κ3) is 1.44. The van der Waals surface area contributed by atoms with Crippen LogP contribution in [0.25, 0.3) is 10.9 Å².